The molecule has 0 aliphatic heterocycles. The molecule has 3 aromatic carbocycles. The Hall–Kier alpha value is -2.92. The first kappa shape index (κ1) is 42.5. The molecule has 0 saturated carbocycles. The molecule has 1 N–H and O–H groups in total. The number of allylic oxidation sites excluding steroid dienone is 2. The van der Waals surface area contributed by atoms with Gasteiger partial charge in [0.15, 0.2) is 5.78 Å². The summed E-state index contributed by atoms with van der Waals surface area (Å²) in [5, 5.41) is 13.9. The van der Waals surface area contributed by atoms with Crippen molar-refractivity contribution in [3.05, 3.63) is 83.9 Å². The van der Waals surface area contributed by atoms with Gasteiger partial charge in [-0.1, -0.05) is 131 Å². The maximum Gasteiger partial charge on any atom is 0.162 e. The Kier molecular flexibility index (Phi) is 14.8. The summed E-state index contributed by atoms with van der Waals surface area (Å²) in [6.07, 6.45) is 4.24. The maximum absolute atomic E-state index is 12.3. The standard InChI is InChI=1S/C28H27N2S.C17H32O2.Ir/c1-17(2)23-14-20(13-19-8-6-7-9-21(19)23)25-27-26(30-16-29-25)22-11-10-18(12-24(22)31-27)15-28(3,4)5;1-10(2)16(11(3)4)14(18)9-15(19)17(12(5)6)13(7)8;/h6-12,14,16-17H,15H2,1-5H3;9-13,16-18H,1-8H3;/q-1;;/b;14-9-;. The number of hydrogen-bond donors (Lipinski definition) is 1. The number of carbonyl (C=O) groups is 1. The minimum absolute atomic E-state index is 0. The third kappa shape index (κ3) is 10.4. The van der Waals surface area contributed by atoms with Crippen LogP contribution in [0.3, 0.4) is 0 Å². The largest absolute Gasteiger partial charge is 0.512 e. The number of thiophene rings is 1. The van der Waals surface area contributed by atoms with Gasteiger partial charge in [-0.25, -0.2) is 4.98 Å². The van der Waals surface area contributed by atoms with E-state index in [9.17, 15) is 9.90 Å². The number of aliphatic hydroxyl groups excluding tert-OH is 1. The quantitative estimate of drug-likeness (QED) is 0.0862. The van der Waals surface area contributed by atoms with Crippen LogP contribution in [0.2, 0.25) is 0 Å². The summed E-state index contributed by atoms with van der Waals surface area (Å²) in [5.41, 5.74) is 6.06. The summed E-state index contributed by atoms with van der Waals surface area (Å²) >= 11 is 1.80. The Morgan fingerprint density at radius 1 is 0.824 bits per heavy atom. The van der Waals surface area contributed by atoms with Crippen LogP contribution in [0.1, 0.15) is 107 Å². The van der Waals surface area contributed by atoms with Gasteiger partial charge in [0, 0.05) is 58.5 Å². The first-order chi connectivity index (χ1) is 23.4. The fraction of sp³-hybridized carbons (Fsp3) is 0.489. The van der Waals surface area contributed by atoms with Crippen molar-refractivity contribution in [1.82, 2.24) is 9.97 Å². The van der Waals surface area contributed by atoms with E-state index in [-0.39, 0.29) is 48.9 Å². The van der Waals surface area contributed by atoms with Gasteiger partial charge in [0.1, 0.15) is 6.33 Å². The number of ketones is 1. The van der Waals surface area contributed by atoms with Crippen molar-refractivity contribution in [2.24, 2.45) is 40.9 Å². The fourth-order valence-corrected chi connectivity index (χ4v) is 8.84. The van der Waals surface area contributed by atoms with Crippen molar-refractivity contribution >= 4 is 48.2 Å². The van der Waals surface area contributed by atoms with Crippen LogP contribution >= 0.6 is 11.3 Å². The molecule has 277 valence electrons. The van der Waals surface area contributed by atoms with Crippen LogP contribution < -0.4 is 0 Å². The van der Waals surface area contributed by atoms with E-state index in [2.05, 4.69) is 150 Å². The maximum atomic E-state index is 12.3. The summed E-state index contributed by atoms with van der Waals surface area (Å²) in [4.78, 5) is 21.7. The smallest absolute Gasteiger partial charge is 0.162 e. The van der Waals surface area contributed by atoms with E-state index in [0.717, 1.165) is 33.3 Å². The molecule has 0 fully saturated rings. The number of aromatic nitrogens is 2. The topological polar surface area (TPSA) is 63.1 Å². The van der Waals surface area contributed by atoms with Gasteiger partial charge in [0.05, 0.1) is 11.3 Å². The van der Waals surface area contributed by atoms with Crippen LogP contribution in [0.5, 0.6) is 0 Å². The molecule has 5 aromatic rings. The number of benzene rings is 3. The number of hydrogen-bond acceptors (Lipinski definition) is 5. The molecular weight excluding hydrogens is 825 g/mol. The Balaban J connectivity index is 0.000000306. The van der Waals surface area contributed by atoms with E-state index < -0.39 is 0 Å². The number of rotatable bonds is 10. The van der Waals surface area contributed by atoms with Crippen LogP contribution in [0.4, 0.5) is 0 Å². The summed E-state index contributed by atoms with van der Waals surface area (Å²) in [6, 6.07) is 21.2. The molecule has 0 aliphatic carbocycles. The first-order valence-corrected chi connectivity index (χ1v) is 19.3. The molecule has 0 amide bonds. The van der Waals surface area contributed by atoms with Crippen LogP contribution in [-0.4, -0.2) is 20.9 Å². The van der Waals surface area contributed by atoms with Crippen molar-refractivity contribution in [1.29, 1.82) is 0 Å². The van der Waals surface area contributed by atoms with Crippen LogP contribution in [0, 0.1) is 47.0 Å². The zero-order chi connectivity index (χ0) is 37.1. The third-order valence-corrected chi connectivity index (χ3v) is 10.7. The van der Waals surface area contributed by atoms with Gasteiger partial charge in [-0.05, 0) is 53.1 Å². The van der Waals surface area contributed by atoms with Crippen LogP contribution in [0.15, 0.2) is 66.7 Å². The third-order valence-electron chi connectivity index (χ3n) is 9.57. The average molecular weight is 884 g/mol. The second kappa shape index (κ2) is 17.7. The van der Waals surface area contributed by atoms with Crippen molar-refractivity contribution in [2.75, 3.05) is 0 Å². The molecule has 6 heteroatoms. The summed E-state index contributed by atoms with van der Waals surface area (Å²) in [5.74, 6) is 2.06. The van der Waals surface area contributed by atoms with Gasteiger partial charge in [-0.3, -0.25) is 9.78 Å². The Morgan fingerprint density at radius 3 is 2.00 bits per heavy atom. The minimum Gasteiger partial charge on any atom is -0.512 e. The van der Waals surface area contributed by atoms with Crippen molar-refractivity contribution in [3.63, 3.8) is 0 Å². The van der Waals surface area contributed by atoms with Crippen molar-refractivity contribution < 1.29 is 30.0 Å². The molecular formula is C45H59IrN2O2S-. The zero-order valence-electron chi connectivity index (χ0n) is 33.0. The molecule has 0 bridgehead atoms. The van der Waals surface area contributed by atoms with Crippen molar-refractivity contribution in [2.45, 2.75) is 102 Å². The van der Waals surface area contributed by atoms with E-state index in [1.165, 1.54) is 32.7 Å². The molecule has 2 aromatic heterocycles. The van der Waals surface area contributed by atoms with Crippen molar-refractivity contribution in [3.8, 4) is 11.3 Å². The number of carbonyl (C=O) groups excluding carboxylic acids is 1. The summed E-state index contributed by atoms with van der Waals surface area (Å²) in [6.45, 7) is 28.0. The molecule has 0 saturated heterocycles. The van der Waals surface area contributed by atoms with E-state index in [1.807, 2.05) is 0 Å². The molecule has 0 atom stereocenters. The monoisotopic (exact) mass is 884 g/mol. The number of nitrogens with zero attached hydrogens (tertiary/aromatic N) is 2. The van der Waals surface area contributed by atoms with Gasteiger partial charge in [0.2, 0.25) is 0 Å². The Labute approximate surface area is 324 Å². The van der Waals surface area contributed by atoms with E-state index in [0.29, 0.717) is 29.6 Å². The van der Waals surface area contributed by atoms with Gasteiger partial charge in [-0.2, -0.15) is 0 Å². The Morgan fingerprint density at radius 2 is 1.43 bits per heavy atom. The summed E-state index contributed by atoms with van der Waals surface area (Å²) < 4.78 is 2.43. The molecule has 0 spiro atoms. The van der Waals surface area contributed by atoms with Gasteiger partial charge in [0.25, 0.3) is 0 Å². The van der Waals surface area contributed by atoms with Crippen LogP contribution in [0.25, 0.3) is 42.3 Å². The second-order valence-corrected chi connectivity index (χ2v) is 18.0. The molecule has 0 unspecified atom stereocenters. The van der Waals surface area contributed by atoms with Gasteiger partial charge < -0.3 is 5.11 Å². The van der Waals surface area contributed by atoms with Gasteiger partial charge in [-0.15, -0.1) is 40.5 Å². The normalized spacial score (nSPS) is 12.7. The average Bonchev–Trinajstić information content (AvgIpc) is 3.37. The van der Waals surface area contributed by atoms with E-state index in [1.54, 1.807) is 17.7 Å². The predicted molar refractivity (Wildman–Crippen MR) is 216 cm³/mol. The minimum atomic E-state index is -0.0119. The van der Waals surface area contributed by atoms with Crippen LogP contribution in [-0.2, 0) is 31.3 Å². The molecule has 51 heavy (non-hydrogen) atoms. The number of fused-ring (bicyclic) bond motifs is 4. The molecule has 2 heterocycles. The zero-order valence-corrected chi connectivity index (χ0v) is 36.2. The first-order valence-electron chi connectivity index (χ1n) is 18.4. The molecule has 0 aliphatic rings. The van der Waals surface area contributed by atoms with E-state index >= 15 is 0 Å². The SMILES string of the molecule is CC(C)C(C(=O)/C=C(\O)C(C(C)C)C(C)C)C(C)C.CC(C)c1cc(-c2ncnc3c2sc2cc(CC(C)(C)C)ccc23)[c-]c2ccccc12.[Ir]. The fourth-order valence-electron chi connectivity index (χ4n) is 7.61. The van der Waals surface area contributed by atoms with Gasteiger partial charge >= 0.3 is 0 Å². The second-order valence-electron chi connectivity index (χ2n) is 16.9. The molecule has 1 radical (unpaired) electrons. The molecule has 4 nitrogen and oxygen atoms in total. The summed E-state index contributed by atoms with van der Waals surface area (Å²) in [7, 11) is 0. The van der Waals surface area contributed by atoms with E-state index in [4.69, 9.17) is 4.98 Å². The Bertz CT molecular complexity index is 1950. The number of aliphatic hydroxyl groups is 1. The predicted octanol–water partition coefficient (Wildman–Crippen LogP) is 13.0. The molecule has 5 rings (SSSR count).